The molecule has 0 aromatic heterocycles. The van der Waals surface area contributed by atoms with E-state index in [1.54, 1.807) is 0 Å². The molecule has 15 heavy (non-hydrogen) atoms. The van der Waals surface area contributed by atoms with Crippen molar-refractivity contribution in [3.63, 3.8) is 0 Å². The normalized spacial score (nSPS) is 14.4. The Bertz CT molecular complexity index is 203. The summed E-state index contributed by atoms with van der Waals surface area (Å²) in [7, 11) is 0. The van der Waals surface area contributed by atoms with E-state index in [0.29, 0.717) is 6.42 Å². The van der Waals surface area contributed by atoms with Crippen molar-refractivity contribution in [2.24, 2.45) is 0 Å². The monoisotopic (exact) mass is 334 g/mol. The lowest BCUT2D eigenvalue weighted by Gasteiger charge is -2.40. The van der Waals surface area contributed by atoms with Crippen molar-refractivity contribution in [3.05, 3.63) is 0 Å². The van der Waals surface area contributed by atoms with Gasteiger partial charge < -0.3 is 5.11 Å². The summed E-state index contributed by atoms with van der Waals surface area (Å²) in [6, 6.07) is 0. The van der Waals surface area contributed by atoms with Crippen LogP contribution in [0, 0.1) is 0 Å². The second-order valence-corrected chi connectivity index (χ2v) is 7.54. The Kier molecular flexibility index (Phi) is 6.72. The molecular formula is C8H12Cl6O. The molecule has 0 bridgehead atoms. The molecule has 1 nitrogen and oxygen atoms in total. The summed E-state index contributed by atoms with van der Waals surface area (Å²) in [5, 5.41) is 8.97. The number of aliphatic hydroxyl groups is 1. The van der Waals surface area contributed by atoms with Crippen molar-refractivity contribution < 1.29 is 5.11 Å². The summed E-state index contributed by atoms with van der Waals surface area (Å²) in [5.41, 5.74) is 0. The van der Waals surface area contributed by atoms with Crippen molar-refractivity contribution in [1.82, 2.24) is 0 Å². The van der Waals surface area contributed by atoms with Gasteiger partial charge in [-0.3, -0.25) is 0 Å². The summed E-state index contributed by atoms with van der Waals surface area (Å²) in [5.74, 6) is 0. The molecule has 0 aromatic rings. The molecule has 0 heterocycles. The Morgan fingerprint density at radius 3 is 1.73 bits per heavy atom. The van der Waals surface area contributed by atoms with Crippen LogP contribution < -0.4 is 0 Å². The van der Waals surface area contributed by atoms with Gasteiger partial charge in [0, 0.05) is 0 Å². The molecule has 0 radical (unpaired) electrons. The van der Waals surface area contributed by atoms with Crippen molar-refractivity contribution >= 4 is 69.6 Å². The summed E-state index contributed by atoms with van der Waals surface area (Å²) >= 11 is 35.4. The lowest BCUT2D eigenvalue weighted by Crippen LogP contribution is -2.51. The standard InChI is InChI=1S/C8H12Cl6O/c1-2-3-4-6(9,10)8(13,14)7(11,12)5-15/h15H,2-5H2,1H3. The molecule has 0 aliphatic rings. The van der Waals surface area contributed by atoms with Crippen molar-refractivity contribution in [1.29, 1.82) is 0 Å². The van der Waals surface area contributed by atoms with Gasteiger partial charge in [-0.1, -0.05) is 89.4 Å². The average Bonchev–Trinajstić information content (AvgIpc) is 2.14. The molecule has 7 heteroatoms. The molecule has 0 saturated carbocycles. The number of alkyl halides is 6. The summed E-state index contributed by atoms with van der Waals surface area (Å²) < 4.78 is -5.18. The Labute approximate surface area is 120 Å². The highest BCUT2D eigenvalue weighted by Crippen LogP contribution is 2.55. The van der Waals surface area contributed by atoms with E-state index in [-0.39, 0.29) is 0 Å². The molecular weight excluding hydrogens is 325 g/mol. The van der Waals surface area contributed by atoms with Gasteiger partial charge in [0.25, 0.3) is 0 Å². The molecule has 0 saturated heterocycles. The van der Waals surface area contributed by atoms with Crippen molar-refractivity contribution in [3.8, 4) is 0 Å². The van der Waals surface area contributed by atoms with Gasteiger partial charge in [0.15, 0.2) is 13.0 Å². The van der Waals surface area contributed by atoms with Crippen LogP contribution in [0.3, 0.4) is 0 Å². The zero-order valence-electron chi connectivity index (χ0n) is 8.04. The third-order valence-electron chi connectivity index (χ3n) is 1.96. The molecule has 1 N–H and O–H groups in total. The fourth-order valence-electron chi connectivity index (χ4n) is 0.923. The zero-order chi connectivity index (χ0) is 12.3. The maximum atomic E-state index is 8.97. The minimum Gasteiger partial charge on any atom is -0.393 e. The summed E-state index contributed by atoms with van der Waals surface area (Å²) in [4.78, 5) is 0. The minimum atomic E-state index is -1.85. The van der Waals surface area contributed by atoms with Crippen molar-refractivity contribution in [2.75, 3.05) is 6.61 Å². The predicted molar refractivity (Wildman–Crippen MR) is 69.9 cm³/mol. The van der Waals surface area contributed by atoms with E-state index in [1.807, 2.05) is 6.92 Å². The van der Waals surface area contributed by atoms with Crippen molar-refractivity contribution in [2.45, 2.75) is 39.2 Å². The second kappa shape index (κ2) is 6.04. The van der Waals surface area contributed by atoms with Gasteiger partial charge in [-0.2, -0.15) is 0 Å². The summed E-state index contributed by atoms with van der Waals surface area (Å²) in [6.07, 6.45) is 1.94. The number of rotatable bonds is 6. The first-order valence-corrected chi connectivity index (χ1v) is 6.63. The van der Waals surface area contributed by atoms with Gasteiger partial charge in [0.2, 0.25) is 0 Å². The summed E-state index contributed by atoms with van der Waals surface area (Å²) in [6.45, 7) is 1.32. The Balaban J connectivity index is 4.83. The Hall–Kier alpha value is 1.70. The van der Waals surface area contributed by atoms with E-state index in [4.69, 9.17) is 74.7 Å². The van der Waals surface area contributed by atoms with Crippen LogP contribution in [-0.4, -0.2) is 24.7 Å². The fourth-order valence-corrected chi connectivity index (χ4v) is 2.34. The molecule has 92 valence electrons. The van der Waals surface area contributed by atoms with E-state index in [1.165, 1.54) is 0 Å². The van der Waals surface area contributed by atoms with Crippen LogP contribution in [0.25, 0.3) is 0 Å². The van der Waals surface area contributed by atoms with E-state index >= 15 is 0 Å². The van der Waals surface area contributed by atoms with Crippen LogP contribution in [0.4, 0.5) is 0 Å². The fraction of sp³-hybridized carbons (Fsp3) is 1.00. The van der Waals surface area contributed by atoms with Gasteiger partial charge in [-0.25, -0.2) is 0 Å². The van der Waals surface area contributed by atoms with Gasteiger partial charge >= 0.3 is 0 Å². The SMILES string of the molecule is CCCCC(Cl)(Cl)C(Cl)(Cl)C(Cl)(Cl)CO. The molecule has 0 aliphatic heterocycles. The number of hydrogen-bond donors (Lipinski definition) is 1. The van der Waals surface area contributed by atoms with Crippen LogP contribution in [0.1, 0.15) is 26.2 Å². The van der Waals surface area contributed by atoms with Gasteiger partial charge in [-0.05, 0) is 6.42 Å². The molecule has 0 fully saturated rings. The number of aliphatic hydroxyl groups excluding tert-OH is 1. The first-order chi connectivity index (χ1) is 6.62. The smallest absolute Gasteiger partial charge is 0.185 e. The molecule has 0 aliphatic carbocycles. The lowest BCUT2D eigenvalue weighted by atomic mass is 10.1. The molecule has 0 amide bonds. The van der Waals surface area contributed by atoms with Crippen LogP contribution in [0.15, 0.2) is 0 Å². The first-order valence-electron chi connectivity index (χ1n) is 4.36. The van der Waals surface area contributed by atoms with E-state index in [9.17, 15) is 0 Å². The third-order valence-corrected chi connectivity index (χ3v) is 5.78. The van der Waals surface area contributed by atoms with E-state index in [2.05, 4.69) is 0 Å². The first kappa shape index (κ1) is 16.7. The van der Waals surface area contributed by atoms with Gasteiger partial charge in [0.1, 0.15) is 0 Å². The van der Waals surface area contributed by atoms with Crippen LogP contribution >= 0.6 is 69.6 Å². The van der Waals surface area contributed by atoms with Crippen LogP contribution in [0.5, 0.6) is 0 Å². The number of unbranched alkanes of at least 4 members (excludes halogenated alkanes) is 1. The molecule has 0 unspecified atom stereocenters. The highest BCUT2D eigenvalue weighted by molar-refractivity contribution is 6.69. The molecule has 0 aromatic carbocycles. The van der Waals surface area contributed by atoms with Gasteiger partial charge in [0.05, 0.1) is 6.61 Å². The Morgan fingerprint density at radius 1 is 0.933 bits per heavy atom. The van der Waals surface area contributed by atoms with Crippen LogP contribution in [-0.2, 0) is 0 Å². The maximum Gasteiger partial charge on any atom is 0.185 e. The van der Waals surface area contributed by atoms with E-state index in [0.717, 1.165) is 12.8 Å². The maximum absolute atomic E-state index is 8.97. The third kappa shape index (κ3) is 3.84. The number of hydrogen-bond acceptors (Lipinski definition) is 1. The minimum absolute atomic E-state index is 0.334. The highest BCUT2D eigenvalue weighted by atomic mass is 35.5. The Morgan fingerprint density at radius 2 is 1.40 bits per heavy atom. The second-order valence-electron chi connectivity index (χ2n) is 3.24. The van der Waals surface area contributed by atoms with E-state index < -0.39 is 19.6 Å². The molecule has 0 rings (SSSR count). The quantitative estimate of drug-likeness (QED) is 0.697. The predicted octanol–water partition coefficient (Wildman–Crippen LogP) is 4.69. The lowest BCUT2D eigenvalue weighted by molar-refractivity contribution is 0.264. The molecule has 0 atom stereocenters. The molecule has 0 spiro atoms. The largest absolute Gasteiger partial charge is 0.393 e. The van der Waals surface area contributed by atoms with Gasteiger partial charge in [-0.15, -0.1) is 0 Å². The topological polar surface area (TPSA) is 20.2 Å². The number of halogens is 6. The zero-order valence-corrected chi connectivity index (χ0v) is 12.6. The van der Waals surface area contributed by atoms with Crippen LogP contribution in [0.2, 0.25) is 0 Å². The highest BCUT2D eigenvalue weighted by Gasteiger charge is 2.59. The average molecular weight is 337 g/mol.